The second-order valence-electron chi connectivity index (χ2n) is 6.79. The van der Waals surface area contributed by atoms with Crippen LogP contribution in [0.5, 0.6) is 5.75 Å². The zero-order chi connectivity index (χ0) is 23.2. The molecule has 33 heavy (non-hydrogen) atoms. The highest BCUT2D eigenvalue weighted by Crippen LogP contribution is 2.31. The third kappa shape index (κ3) is 6.16. The number of thiazole rings is 1. The van der Waals surface area contributed by atoms with Crippen LogP contribution in [0.2, 0.25) is 5.02 Å². The summed E-state index contributed by atoms with van der Waals surface area (Å²) in [5.41, 5.74) is 2.64. The van der Waals surface area contributed by atoms with E-state index in [4.69, 9.17) is 16.3 Å². The molecular formula is C23H19ClN4O3S2. The fourth-order valence-electron chi connectivity index (χ4n) is 2.91. The smallest absolute Gasteiger partial charge is 0.323 e. The van der Waals surface area contributed by atoms with Crippen LogP contribution in [0.25, 0.3) is 10.2 Å². The molecule has 4 aromatic rings. The summed E-state index contributed by atoms with van der Waals surface area (Å²) in [5.74, 6) is 0.701. The van der Waals surface area contributed by atoms with Gasteiger partial charge in [-0.1, -0.05) is 41.6 Å². The maximum Gasteiger partial charge on any atom is 0.323 e. The normalized spacial score (nSPS) is 10.6. The Morgan fingerprint density at radius 2 is 1.79 bits per heavy atom. The van der Waals surface area contributed by atoms with Gasteiger partial charge in [-0.3, -0.25) is 4.79 Å². The van der Waals surface area contributed by atoms with E-state index in [-0.39, 0.29) is 17.7 Å². The van der Waals surface area contributed by atoms with Crippen LogP contribution in [0.3, 0.4) is 0 Å². The molecule has 1 heterocycles. The van der Waals surface area contributed by atoms with Gasteiger partial charge in [0.05, 0.1) is 33.8 Å². The molecule has 0 atom stereocenters. The fourth-order valence-corrected chi connectivity index (χ4v) is 5.00. The van der Waals surface area contributed by atoms with Crippen LogP contribution >= 0.6 is 34.7 Å². The van der Waals surface area contributed by atoms with Crippen LogP contribution in [-0.4, -0.2) is 29.8 Å². The van der Waals surface area contributed by atoms with Crippen LogP contribution in [0.4, 0.5) is 21.9 Å². The first-order valence-electron chi connectivity index (χ1n) is 9.80. The van der Waals surface area contributed by atoms with E-state index in [1.165, 1.54) is 23.1 Å². The molecule has 168 valence electrons. The van der Waals surface area contributed by atoms with Crippen molar-refractivity contribution in [1.29, 1.82) is 0 Å². The average Bonchev–Trinajstić information content (AvgIpc) is 3.21. The van der Waals surface area contributed by atoms with Gasteiger partial charge in [0.1, 0.15) is 5.75 Å². The van der Waals surface area contributed by atoms with Crippen molar-refractivity contribution in [3.63, 3.8) is 0 Å². The molecule has 0 bridgehead atoms. The first kappa shape index (κ1) is 22.9. The maximum atomic E-state index is 12.3. The molecule has 0 spiro atoms. The van der Waals surface area contributed by atoms with E-state index in [0.29, 0.717) is 27.8 Å². The predicted octanol–water partition coefficient (Wildman–Crippen LogP) is 6.33. The highest BCUT2D eigenvalue weighted by Gasteiger charge is 2.11. The summed E-state index contributed by atoms with van der Waals surface area (Å²) >= 11 is 8.88. The minimum atomic E-state index is -0.363. The Morgan fingerprint density at radius 1 is 1.00 bits per heavy atom. The third-order valence-electron chi connectivity index (χ3n) is 4.43. The molecule has 0 saturated heterocycles. The Morgan fingerprint density at radius 3 is 2.58 bits per heavy atom. The van der Waals surface area contributed by atoms with E-state index >= 15 is 0 Å². The molecule has 0 saturated carbocycles. The van der Waals surface area contributed by atoms with Crippen molar-refractivity contribution < 1.29 is 14.3 Å². The number of halogens is 1. The number of urea groups is 1. The van der Waals surface area contributed by atoms with Gasteiger partial charge in [-0.2, -0.15) is 0 Å². The number of nitrogens with one attached hydrogen (secondary N) is 3. The van der Waals surface area contributed by atoms with E-state index < -0.39 is 0 Å². The van der Waals surface area contributed by atoms with Crippen LogP contribution in [0.1, 0.15) is 0 Å². The molecule has 0 unspecified atom stereocenters. The number of benzene rings is 3. The summed E-state index contributed by atoms with van der Waals surface area (Å²) in [6.07, 6.45) is 0. The maximum absolute atomic E-state index is 12.3. The molecule has 7 nitrogen and oxygen atoms in total. The highest BCUT2D eigenvalue weighted by atomic mass is 35.5. The van der Waals surface area contributed by atoms with Crippen molar-refractivity contribution >= 4 is 73.9 Å². The number of nitrogens with zero attached hydrogens (tertiary/aromatic N) is 1. The summed E-state index contributed by atoms with van der Waals surface area (Å²) in [6.45, 7) is 0. The summed E-state index contributed by atoms with van der Waals surface area (Å²) in [5, 5.41) is 8.88. The van der Waals surface area contributed by atoms with Gasteiger partial charge in [0.25, 0.3) is 0 Å². The summed E-state index contributed by atoms with van der Waals surface area (Å²) in [6, 6.07) is 19.3. The monoisotopic (exact) mass is 498 g/mol. The number of para-hydroxylation sites is 1. The number of rotatable bonds is 7. The molecule has 4 rings (SSSR count). The van der Waals surface area contributed by atoms with Gasteiger partial charge in [-0.15, -0.1) is 11.3 Å². The molecule has 3 aromatic carbocycles. The first-order chi connectivity index (χ1) is 16.0. The number of amides is 3. The molecule has 1 aromatic heterocycles. The van der Waals surface area contributed by atoms with Crippen molar-refractivity contribution in [3.8, 4) is 5.75 Å². The van der Waals surface area contributed by atoms with Gasteiger partial charge in [0.15, 0.2) is 4.34 Å². The Balaban J connectivity index is 1.35. The number of methoxy groups -OCH3 is 1. The topological polar surface area (TPSA) is 92.3 Å². The minimum absolute atomic E-state index is 0.163. The number of fused-ring (bicyclic) bond motifs is 1. The second-order valence-corrected chi connectivity index (χ2v) is 9.45. The number of hydrogen-bond acceptors (Lipinski definition) is 6. The quantitative estimate of drug-likeness (QED) is 0.259. The largest absolute Gasteiger partial charge is 0.497 e. The zero-order valence-corrected chi connectivity index (χ0v) is 19.8. The van der Waals surface area contributed by atoms with Gasteiger partial charge >= 0.3 is 6.03 Å². The van der Waals surface area contributed by atoms with Crippen LogP contribution in [-0.2, 0) is 4.79 Å². The number of aromatic nitrogens is 1. The third-order valence-corrected chi connectivity index (χ3v) is 6.92. The summed E-state index contributed by atoms with van der Waals surface area (Å²) in [7, 11) is 1.57. The second kappa shape index (κ2) is 10.6. The Hall–Kier alpha value is -3.27. The van der Waals surface area contributed by atoms with Gasteiger partial charge in [-0.05, 0) is 42.5 Å². The van der Waals surface area contributed by atoms with E-state index in [1.54, 1.807) is 55.6 Å². The van der Waals surface area contributed by atoms with Crippen molar-refractivity contribution in [2.75, 3.05) is 28.8 Å². The lowest BCUT2D eigenvalue weighted by Gasteiger charge is -2.08. The molecule has 10 heteroatoms. The van der Waals surface area contributed by atoms with Crippen LogP contribution < -0.4 is 20.7 Å². The van der Waals surface area contributed by atoms with Crippen molar-refractivity contribution in [1.82, 2.24) is 4.98 Å². The molecule has 0 aliphatic rings. The van der Waals surface area contributed by atoms with Crippen LogP contribution in [0, 0.1) is 0 Å². The molecule has 0 fully saturated rings. The number of ether oxygens (including phenoxy) is 1. The highest BCUT2D eigenvalue weighted by molar-refractivity contribution is 8.01. The van der Waals surface area contributed by atoms with Gasteiger partial charge in [0, 0.05) is 17.4 Å². The lowest BCUT2D eigenvalue weighted by atomic mass is 10.3. The lowest BCUT2D eigenvalue weighted by molar-refractivity contribution is -0.113. The average molecular weight is 499 g/mol. The Bertz CT molecular complexity index is 1310. The summed E-state index contributed by atoms with van der Waals surface area (Å²) < 4.78 is 6.83. The number of carbonyl (C=O) groups is 2. The zero-order valence-electron chi connectivity index (χ0n) is 17.4. The molecular weight excluding hydrogens is 480 g/mol. The van der Waals surface area contributed by atoms with Crippen molar-refractivity contribution in [2.45, 2.75) is 4.34 Å². The first-order valence-corrected chi connectivity index (χ1v) is 12.0. The SMILES string of the molecule is COc1cccc(NC(=O)Nc2ccc3nc(SCC(=O)Nc4ccccc4Cl)sc3c2)c1. The summed E-state index contributed by atoms with van der Waals surface area (Å²) in [4.78, 5) is 29.1. The standard InChI is InChI=1S/C23H19ClN4O3S2/c1-31-16-6-4-5-14(11-16)25-22(30)26-15-9-10-19-20(12-15)33-23(28-19)32-13-21(29)27-18-8-3-2-7-17(18)24/h2-12H,13H2,1H3,(H,27,29)(H2,25,26,30). The number of thioether (sulfide) groups is 1. The fraction of sp³-hybridized carbons (Fsp3) is 0.0870. The predicted molar refractivity (Wildman–Crippen MR) is 136 cm³/mol. The van der Waals surface area contributed by atoms with Crippen molar-refractivity contribution in [3.05, 3.63) is 71.8 Å². The van der Waals surface area contributed by atoms with Gasteiger partial charge in [-0.25, -0.2) is 9.78 Å². The number of anilines is 3. The van der Waals surface area contributed by atoms with E-state index in [0.717, 1.165) is 14.6 Å². The Kier molecular flexibility index (Phi) is 7.33. The molecule has 3 amide bonds. The molecule has 3 N–H and O–H groups in total. The van der Waals surface area contributed by atoms with E-state index in [9.17, 15) is 9.59 Å². The van der Waals surface area contributed by atoms with Crippen molar-refractivity contribution in [2.24, 2.45) is 0 Å². The minimum Gasteiger partial charge on any atom is -0.497 e. The number of carbonyl (C=O) groups excluding carboxylic acids is 2. The van der Waals surface area contributed by atoms with Gasteiger partial charge in [0.2, 0.25) is 5.91 Å². The molecule has 0 radical (unpaired) electrons. The van der Waals surface area contributed by atoms with Crippen LogP contribution in [0.15, 0.2) is 71.1 Å². The molecule has 0 aliphatic heterocycles. The van der Waals surface area contributed by atoms with E-state index in [1.807, 2.05) is 18.2 Å². The van der Waals surface area contributed by atoms with Gasteiger partial charge < -0.3 is 20.7 Å². The molecule has 0 aliphatic carbocycles. The number of hydrogen-bond donors (Lipinski definition) is 3. The Labute approximate surface area is 203 Å². The lowest BCUT2D eigenvalue weighted by Crippen LogP contribution is -2.19. The van der Waals surface area contributed by atoms with E-state index in [2.05, 4.69) is 20.9 Å².